The third kappa shape index (κ3) is 2.91. The molecule has 8 heteroatoms. The monoisotopic (exact) mass is 337 g/mol. The number of rotatable bonds is 5. The summed E-state index contributed by atoms with van der Waals surface area (Å²) in [5.74, 6) is 1.31. The first-order chi connectivity index (χ1) is 10.9. The van der Waals surface area contributed by atoms with Crippen LogP contribution in [0.25, 0.3) is 0 Å². The number of fused-ring (bicyclic) bond motifs is 1. The molecule has 0 saturated heterocycles. The van der Waals surface area contributed by atoms with Gasteiger partial charge >= 0.3 is 0 Å². The maximum atomic E-state index is 12.6. The predicted octanol–water partition coefficient (Wildman–Crippen LogP) is 1.73. The summed E-state index contributed by atoms with van der Waals surface area (Å²) < 4.78 is 40.0. The third-order valence-corrected chi connectivity index (χ3v) is 5.44. The highest BCUT2D eigenvalue weighted by Gasteiger charge is 2.24. The van der Waals surface area contributed by atoms with E-state index in [1.54, 1.807) is 30.7 Å². The Morgan fingerprint density at radius 2 is 2.00 bits per heavy atom. The van der Waals surface area contributed by atoms with Crippen LogP contribution in [0.15, 0.2) is 23.1 Å². The van der Waals surface area contributed by atoms with E-state index in [2.05, 4.69) is 9.82 Å². The van der Waals surface area contributed by atoms with Crippen molar-refractivity contribution in [2.45, 2.75) is 38.8 Å². The van der Waals surface area contributed by atoms with Crippen LogP contribution in [0.2, 0.25) is 0 Å². The van der Waals surface area contributed by atoms with Gasteiger partial charge in [-0.15, -0.1) is 0 Å². The lowest BCUT2D eigenvalue weighted by Crippen LogP contribution is -2.24. The lowest BCUT2D eigenvalue weighted by molar-refractivity contribution is 0.174. The highest BCUT2D eigenvalue weighted by molar-refractivity contribution is 7.89. The van der Waals surface area contributed by atoms with E-state index in [9.17, 15) is 8.42 Å². The molecule has 7 nitrogen and oxygen atoms in total. The summed E-state index contributed by atoms with van der Waals surface area (Å²) in [6.45, 7) is 6.39. The van der Waals surface area contributed by atoms with Crippen LogP contribution in [0.5, 0.6) is 11.5 Å². The van der Waals surface area contributed by atoms with Gasteiger partial charge in [-0.1, -0.05) is 6.07 Å². The predicted molar refractivity (Wildman–Crippen MR) is 84.0 cm³/mol. The molecule has 0 amide bonds. The van der Waals surface area contributed by atoms with E-state index in [0.717, 1.165) is 5.56 Å². The van der Waals surface area contributed by atoms with Gasteiger partial charge in [0.05, 0.1) is 11.4 Å². The van der Waals surface area contributed by atoms with Crippen molar-refractivity contribution in [3.05, 3.63) is 35.2 Å². The summed E-state index contributed by atoms with van der Waals surface area (Å²) in [4.78, 5) is 0.250. The van der Waals surface area contributed by atoms with Crippen LogP contribution in [-0.4, -0.2) is 25.0 Å². The molecule has 0 bridgehead atoms. The third-order valence-electron chi connectivity index (χ3n) is 3.79. The van der Waals surface area contributed by atoms with E-state index >= 15 is 0 Å². The zero-order valence-corrected chi connectivity index (χ0v) is 14.1. The number of aromatic nitrogens is 2. The number of sulfonamides is 1. The molecular weight excluding hydrogens is 318 g/mol. The fourth-order valence-corrected chi connectivity index (χ4v) is 4.10. The summed E-state index contributed by atoms with van der Waals surface area (Å²) in [5, 5.41) is 4.26. The lowest BCUT2D eigenvalue weighted by Gasteiger charge is -2.08. The Bertz CT molecular complexity index is 843. The van der Waals surface area contributed by atoms with Crippen molar-refractivity contribution in [1.29, 1.82) is 0 Å². The first kappa shape index (κ1) is 15.8. The molecule has 124 valence electrons. The van der Waals surface area contributed by atoms with Gasteiger partial charge in [0.2, 0.25) is 16.8 Å². The van der Waals surface area contributed by atoms with Crippen LogP contribution >= 0.6 is 0 Å². The van der Waals surface area contributed by atoms with Gasteiger partial charge in [-0.3, -0.25) is 4.68 Å². The van der Waals surface area contributed by atoms with Gasteiger partial charge in [0.1, 0.15) is 4.90 Å². The van der Waals surface area contributed by atoms with E-state index in [1.807, 2.05) is 13.0 Å². The van der Waals surface area contributed by atoms with Crippen LogP contribution in [0, 0.1) is 13.8 Å². The highest BCUT2D eigenvalue weighted by Crippen LogP contribution is 2.32. The molecule has 1 N–H and O–H groups in total. The summed E-state index contributed by atoms with van der Waals surface area (Å²) in [5.41, 5.74) is 1.95. The Balaban J connectivity index is 1.81. The number of nitrogens with zero attached hydrogens (tertiary/aromatic N) is 2. The zero-order valence-electron chi connectivity index (χ0n) is 13.3. The topological polar surface area (TPSA) is 82.5 Å². The molecule has 1 aromatic heterocycles. The molecule has 1 aliphatic rings. The normalized spacial score (nSPS) is 13.5. The van der Waals surface area contributed by atoms with E-state index in [4.69, 9.17) is 9.47 Å². The number of hydrogen-bond donors (Lipinski definition) is 1. The molecule has 0 aliphatic carbocycles. The van der Waals surface area contributed by atoms with Crippen LogP contribution in [0.1, 0.15) is 23.9 Å². The SMILES string of the molecule is CCn1nc(C)c(S(=O)(=O)NCc2ccc3c(c2)OCO3)c1C. The second kappa shape index (κ2) is 5.86. The zero-order chi connectivity index (χ0) is 16.6. The van der Waals surface area contributed by atoms with Crippen molar-refractivity contribution >= 4 is 10.0 Å². The van der Waals surface area contributed by atoms with Gasteiger partial charge in [0.25, 0.3) is 0 Å². The maximum Gasteiger partial charge on any atom is 0.244 e. The average molecular weight is 337 g/mol. The summed E-state index contributed by atoms with van der Waals surface area (Å²) >= 11 is 0. The molecule has 0 unspecified atom stereocenters. The molecule has 0 spiro atoms. The lowest BCUT2D eigenvalue weighted by atomic mass is 10.2. The molecule has 1 aromatic carbocycles. The second-order valence-corrected chi connectivity index (χ2v) is 7.03. The number of nitrogens with one attached hydrogen (secondary N) is 1. The molecule has 3 rings (SSSR count). The van der Waals surface area contributed by atoms with Gasteiger partial charge in [0.15, 0.2) is 11.5 Å². The smallest absolute Gasteiger partial charge is 0.244 e. The Morgan fingerprint density at radius 1 is 1.26 bits per heavy atom. The molecular formula is C15H19N3O4S. The van der Waals surface area contributed by atoms with Crippen molar-refractivity contribution < 1.29 is 17.9 Å². The van der Waals surface area contributed by atoms with E-state index < -0.39 is 10.0 Å². The molecule has 2 aromatic rings. The van der Waals surface area contributed by atoms with Crippen molar-refractivity contribution in [3.8, 4) is 11.5 Å². The molecule has 0 radical (unpaired) electrons. The minimum absolute atomic E-state index is 0.176. The number of hydrogen-bond acceptors (Lipinski definition) is 5. The number of aryl methyl sites for hydroxylation is 2. The van der Waals surface area contributed by atoms with Crippen LogP contribution in [0.4, 0.5) is 0 Å². The Hall–Kier alpha value is -2.06. The molecule has 0 saturated carbocycles. The van der Waals surface area contributed by atoms with Crippen molar-refractivity contribution in [2.24, 2.45) is 0 Å². The standard InChI is InChI=1S/C15H19N3O4S/c1-4-18-11(3)15(10(2)17-18)23(19,20)16-8-12-5-6-13-14(7-12)22-9-21-13/h5-7,16H,4,8-9H2,1-3H3. The van der Waals surface area contributed by atoms with E-state index in [0.29, 0.717) is 29.4 Å². The van der Waals surface area contributed by atoms with Crippen molar-refractivity contribution in [3.63, 3.8) is 0 Å². The van der Waals surface area contributed by atoms with Crippen LogP contribution in [0.3, 0.4) is 0 Å². The van der Waals surface area contributed by atoms with Gasteiger partial charge in [-0.2, -0.15) is 5.10 Å². The summed E-state index contributed by atoms with van der Waals surface area (Å²) in [7, 11) is -3.63. The fraction of sp³-hybridized carbons (Fsp3) is 0.400. The molecule has 0 atom stereocenters. The minimum Gasteiger partial charge on any atom is -0.454 e. The largest absolute Gasteiger partial charge is 0.454 e. The first-order valence-electron chi connectivity index (χ1n) is 7.34. The van der Waals surface area contributed by atoms with Crippen molar-refractivity contribution in [2.75, 3.05) is 6.79 Å². The van der Waals surface area contributed by atoms with Crippen LogP contribution < -0.4 is 14.2 Å². The average Bonchev–Trinajstić information content (AvgIpc) is 3.08. The van der Waals surface area contributed by atoms with Crippen LogP contribution in [-0.2, 0) is 23.1 Å². The highest BCUT2D eigenvalue weighted by atomic mass is 32.2. The van der Waals surface area contributed by atoms with Gasteiger partial charge in [-0.25, -0.2) is 13.1 Å². The minimum atomic E-state index is -3.63. The van der Waals surface area contributed by atoms with E-state index in [1.165, 1.54) is 0 Å². The fourth-order valence-electron chi connectivity index (χ4n) is 2.68. The number of ether oxygens (including phenoxy) is 2. The molecule has 0 fully saturated rings. The molecule has 2 heterocycles. The summed E-state index contributed by atoms with van der Waals surface area (Å²) in [6.07, 6.45) is 0. The van der Waals surface area contributed by atoms with Gasteiger partial charge in [0, 0.05) is 13.1 Å². The van der Waals surface area contributed by atoms with Crippen molar-refractivity contribution in [1.82, 2.24) is 14.5 Å². The Kier molecular flexibility index (Phi) is 4.03. The van der Waals surface area contributed by atoms with E-state index in [-0.39, 0.29) is 18.2 Å². The maximum absolute atomic E-state index is 12.6. The quantitative estimate of drug-likeness (QED) is 0.898. The van der Waals surface area contributed by atoms with Gasteiger partial charge in [-0.05, 0) is 38.5 Å². The Morgan fingerprint density at radius 3 is 2.70 bits per heavy atom. The molecule has 23 heavy (non-hydrogen) atoms. The first-order valence-corrected chi connectivity index (χ1v) is 8.83. The Labute approximate surface area is 135 Å². The molecule has 1 aliphatic heterocycles. The summed E-state index contributed by atoms with van der Waals surface area (Å²) in [6, 6.07) is 5.36. The van der Waals surface area contributed by atoms with Gasteiger partial charge < -0.3 is 9.47 Å². The number of benzene rings is 1. The second-order valence-electron chi connectivity index (χ2n) is 5.33.